The zero-order valence-corrected chi connectivity index (χ0v) is 19.2. The minimum absolute atomic E-state index is 0.0693. The maximum absolute atomic E-state index is 11.8. The molecule has 1 aliphatic rings. The molecule has 31 heavy (non-hydrogen) atoms. The molecule has 3 rings (SSSR count). The molecule has 2 aromatic carbocycles. The van der Waals surface area contributed by atoms with E-state index in [9.17, 15) is 14.7 Å². The van der Waals surface area contributed by atoms with Gasteiger partial charge >= 0.3 is 5.97 Å². The van der Waals surface area contributed by atoms with E-state index >= 15 is 0 Å². The first-order chi connectivity index (χ1) is 14.8. The molecule has 0 bridgehead atoms. The molecule has 0 aliphatic carbocycles. The Balaban J connectivity index is 0.00000166. The number of piperidine rings is 1. The monoisotopic (exact) mass is 424 g/mol. The van der Waals surface area contributed by atoms with E-state index in [1.54, 1.807) is 6.07 Å². The SMILES string of the molecule is CC.CC1CN(CC(Cc2ccccc2)C(=O)O)CCC1(C)c1cccc(C(N)=O)c1. The normalized spacial score (nSPS) is 22.1. The molecule has 1 saturated heterocycles. The maximum Gasteiger partial charge on any atom is 0.308 e. The van der Waals surface area contributed by atoms with E-state index in [4.69, 9.17) is 5.73 Å². The minimum Gasteiger partial charge on any atom is -0.481 e. The fourth-order valence-corrected chi connectivity index (χ4v) is 4.38. The smallest absolute Gasteiger partial charge is 0.308 e. The Morgan fingerprint density at radius 3 is 2.42 bits per heavy atom. The summed E-state index contributed by atoms with van der Waals surface area (Å²) in [6.45, 7) is 10.6. The summed E-state index contributed by atoms with van der Waals surface area (Å²) >= 11 is 0. The van der Waals surface area contributed by atoms with Gasteiger partial charge in [0.05, 0.1) is 5.92 Å². The molecular weight excluding hydrogens is 388 g/mol. The second-order valence-electron chi connectivity index (χ2n) is 8.50. The van der Waals surface area contributed by atoms with Crippen molar-refractivity contribution in [2.75, 3.05) is 19.6 Å². The molecule has 168 valence electrons. The van der Waals surface area contributed by atoms with Gasteiger partial charge in [-0.25, -0.2) is 0 Å². The van der Waals surface area contributed by atoms with Crippen LogP contribution in [0.5, 0.6) is 0 Å². The van der Waals surface area contributed by atoms with Gasteiger partial charge in [0.15, 0.2) is 0 Å². The molecule has 1 aliphatic heterocycles. The molecule has 1 fully saturated rings. The van der Waals surface area contributed by atoms with E-state index in [-0.39, 0.29) is 5.41 Å². The quantitative estimate of drug-likeness (QED) is 0.692. The largest absolute Gasteiger partial charge is 0.481 e. The zero-order chi connectivity index (χ0) is 23.0. The second kappa shape index (κ2) is 11.1. The molecular formula is C26H36N2O3. The number of likely N-dealkylation sites (tertiary alicyclic amines) is 1. The van der Waals surface area contributed by atoms with Gasteiger partial charge in [0.1, 0.15) is 0 Å². The average molecular weight is 425 g/mol. The maximum atomic E-state index is 11.8. The predicted octanol–water partition coefficient (Wildman–Crippen LogP) is 4.35. The van der Waals surface area contributed by atoms with Crippen molar-refractivity contribution in [2.45, 2.75) is 46.0 Å². The summed E-state index contributed by atoms with van der Waals surface area (Å²) in [6.07, 6.45) is 1.45. The Morgan fingerprint density at radius 1 is 1.16 bits per heavy atom. The lowest BCUT2D eigenvalue weighted by Crippen LogP contribution is -2.49. The van der Waals surface area contributed by atoms with Crippen LogP contribution >= 0.6 is 0 Å². The molecule has 3 unspecified atom stereocenters. The van der Waals surface area contributed by atoms with Gasteiger partial charge in [-0.3, -0.25) is 9.59 Å². The highest BCUT2D eigenvalue weighted by Gasteiger charge is 2.39. The van der Waals surface area contributed by atoms with Crippen molar-refractivity contribution >= 4 is 11.9 Å². The fourth-order valence-electron chi connectivity index (χ4n) is 4.38. The van der Waals surface area contributed by atoms with Crippen LogP contribution in [-0.4, -0.2) is 41.5 Å². The summed E-state index contributed by atoms with van der Waals surface area (Å²) in [4.78, 5) is 25.7. The topological polar surface area (TPSA) is 83.6 Å². The van der Waals surface area contributed by atoms with E-state index in [1.165, 1.54) is 0 Å². The molecule has 1 amide bonds. The summed E-state index contributed by atoms with van der Waals surface area (Å²) in [5.41, 5.74) is 8.10. The van der Waals surface area contributed by atoms with Crippen LogP contribution in [-0.2, 0) is 16.6 Å². The van der Waals surface area contributed by atoms with Gasteiger partial charge in [0.25, 0.3) is 0 Å². The Hall–Kier alpha value is -2.66. The number of aliphatic carboxylic acids is 1. The van der Waals surface area contributed by atoms with Crippen molar-refractivity contribution in [1.82, 2.24) is 4.90 Å². The van der Waals surface area contributed by atoms with E-state index in [0.29, 0.717) is 24.4 Å². The van der Waals surface area contributed by atoms with E-state index in [1.807, 2.05) is 56.3 Å². The third-order valence-electron chi connectivity index (χ3n) is 6.53. The van der Waals surface area contributed by atoms with Gasteiger partial charge in [-0.05, 0) is 54.0 Å². The number of nitrogens with two attached hydrogens (primary N) is 1. The standard InChI is InChI=1S/C24H30N2O3.C2H6/c1-17-15-26(16-20(23(28)29)13-18-7-4-3-5-8-18)12-11-24(17,2)21-10-6-9-19(14-21)22(25)27;1-2/h3-10,14,17,20H,11-13,15-16H2,1-2H3,(H2,25,27)(H,28,29);1-2H3. The van der Waals surface area contributed by atoms with Crippen molar-refractivity contribution in [2.24, 2.45) is 17.6 Å². The lowest BCUT2D eigenvalue weighted by molar-refractivity contribution is -0.142. The number of carboxylic acids is 1. The number of amides is 1. The molecule has 5 heteroatoms. The van der Waals surface area contributed by atoms with Crippen molar-refractivity contribution in [3.63, 3.8) is 0 Å². The Morgan fingerprint density at radius 2 is 1.84 bits per heavy atom. The molecule has 0 spiro atoms. The van der Waals surface area contributed by atoms with Crippen LogP contribution in [0.1, 0.15) is 55.6 Å². The number of carbonyl (C=O) groups excluding carboxylic acids is 1. The Labute approximate surface area is 186 Å². The summed E-state index contributed by atoms with van der Waals surface area (Å²) in [5, 5.41) is 9.72. The van der Waals surface area contributed by atoms with Crippen LogP contribution in [0.2, 0.25) is 0 Å². The van der Waals surface area contributed by atoms with E-state index < -0.39 is 17.8 Å². The lowest BCUT2D eigenvalue weighted by atomic mass is 9.67. The molecule has 1 heterocycles. The molecule has 5 nitrogen and oxygen atoms in total. The molecule has 0 aromatic heterocycles. The van der Waals surface area contributed by atoms with Gasteiger partial charge < -0.3 is 15.7 Å². The first-order valence-corrected chi connectivity index (χ1v) is 11.2. The van der Waals surface area contributed by atoms with Gasteiger partial charge in [0, 0.05) is 18.7 Å². The number of nitrogens with zero attached hydrogens (tertiary/aromatic N) is 1. The summed E-state index contributed by atoms with van der Waals surface area (Å²) in [5.74, 6) is -1.26. The van der Waals surface area contributed by atoms with Gasteiger partial charge in [-0.2, -0.15) is 0 Å². The number of rotatable bonds is 7. The molecule has 0 radical (unpaired) electrons. The Bertz CT molecular complexity index is 868. The zero-order valence-electron chi connectivity index (χ0n) is 19.2. The molecule has 2 aromatic rings. The van der Waals surface area contributed by atoms with Gasteiger partial charge in [-0.15, -0.1) is 0 Å². The lowest BCUT2D eigenvalue weighted by Gasteiger charge is -2.45. The van der Waals surface area contributed by atoms with E-state index in [0.717, 1.165) is 30.6 Å². The van der Waals surface area contributed by atoms with Crippen molar-refractivity contribution < 1.29 is 14.7 Å². The van der Waals surface area contributed by atoms with Crippen molar-refractivity contribution in [1.29, 1.82) is 0 Å². The molecule has 3 atom stereocenters. The third-order valence-corrected chi connectivity index (χ3v) is 6.53. The summed E-state index contributed by atoms with van der Waals surface area (Å²) in [7, 11) is 0. The van der Waals surface area contributed by atoms with Crippen LogP contribution in [0, 0.1) is 11.8 Å². The second-order valence-corrected chi connectivity index (χ2v) is 8.50. The van der Waals surface area contributed by atoms with E-state index in [2.05, 4.69) is 24.8 Å². The van der Waals surface area contributed by atoms with Crippen LogP contribution < -0.4 is 5.73 Å². The first kappa shape index (κ1) is 24.6. The third kappa shape index (κ3) is 6.17. The number of benzene rings is 2. The highest BCUT2D eigenvalue weighted by Crippen LogP contribution is 2.39. The Kier molecular flexibility index (Phi) is 8.81. The van der Waals surface area contributed by atoms with Crippen LogP contribution in [0.25, 0.3) is 0 Å². The summed E-state index contributed by atoms with van der Waals surface area (Å²) in [6, 6.07) is 17.4. The van der Waals surface area contributed by atoms with Crippen molar-refractivity contribution in [3.8, 4) is 0 Å². The highest BCUT2D eigenvalue weighted by molar-refractivity contribution is 5.92. The number of hydrogen-bond acceptors (Lipinski definition) is 3. The predicted molar refractivity (Wildman–Crippen MR) is 125 cm³/mol. The fraction of sp³-hybridized carbons (Fsp3) is 0.462. The molecule has 3 N–H and O–H groups in total. The number of hydrogen-bond donors (Lipinski definition) is 2. The number of carbonyl (C=O) groups is 2. The number of carboxylic acid groups (broad SMARTS) is 1. The summed E-state index contributed by atoms with van der Waals surface area (Å²) < 4.78 is 0. The van der Waals surface area contributed by atoms with Crippen molar-refractivity contribution in [3.05, 3.63) is 71.3 Å². The first-order valence-electron chi connectivity index (χ1n) is 11.2. The average Bonchev–Trinajstić information content (AvgIpc) is 2.78. The van der Waals surface area contributed by atoms with Crippen LogP contribution in [0.15, 0.2) is 54.6 Å². The van der Waals surface area contributed by atoms with Crippen LogP contribution in [0.3, 0.4) is 0 Å². The number of primary amides is 1. The highest BCUT2D eigenvalue weighted by atomic mass is 16.4. The van der Waals surface area contributed by atoms with Gasteiger partial charge in [0.2, 0.25) is 5.91 Å². The minimum atomic E-state index is -0.746. The molecule has 0 saturated carbocycles. The van der Waals surface area contributed by atoms with Gasteiger partial charge in [-0.1, -0.05) is 70.2 Å². The van der Waals surface area contributed by atoms with Crippen LogP contribution in [0.4, 0.5) is 0 Å².